The highest BCUT2D eigenvalue weighted by atomic mass is 35.9. The average Bonchev–Trinajstić information content (AvgIpc) is 2.54. The van der Waals surface area contributed by atoms with Crippen molar-refractivity contribution in [3.05, 3.63) is 65.2 Å². The van der Waals surface area contributed by atoms with Crippen LogP contribution in [0.3, 0.4) is 0 Å². The molecule has 1 nitrogen and oxygen atoms in total. The van der Waals surface area contributed by atoms with Crippen molar-refractivity contribution in [2.75, 3.05) is 6.54 Å². The van der Waals surface area contributed by atoms with Crippen LogP contribution in [0.5, 0.6) is 0 Å². The van der Waals surface area contributed by atoms with Crippen molar-refractivity contribution >= 4 is 34.4 Å². The summed E-state index contributed by atoms with van der Waals surface area (Å²) in [6.07, 6.45) is 0. The molecule has 0 aliphatic rings. The first-order chi connectivity index (χ1) is 11.3. The number of hydrogen-bond donors (Lipinski definition) is 0. The molecule has 0 bridgehead atoms. The number of halogens is 2. The number of nitrogens with zero attached hydrogens (tertiary/aromatic N) is 1. The van der Waals surface area contributed by atoms with Gasteiger partial charge in [-0.3, -0.25) is 4.90 Å². The van der Waals surface area contributed by atoms with Gasteiger partial charge in [-0.05, 0) is 28.7 Å². The van der Waals surface area contributed by atoms with E-state index in [9.17, 15) is 0 Å². The maximum Gasteiger partial charge on any atom is 0.117 e. The second kappa shape index (κ2) is 8.68. The molecule has 4 heteroatoms. The van der Waals surface area contributed by atoms with Gasteiger partial charge in [-0.15, -0.1) is 0 Å². The zero-order valence-electron chi connectivity index (χ0n) is 14.9. The van der Waals surface area contributed by atoms with Crippen molar-refractivity contribution in [2.24, 2.45) is 0 Å². The molecular formula is C20H26Cl2NP. The van der Waals surface area contributed by atoms with Crippen molar-refractivity contribution in [1.29, 1.82) is 0 Å². The lowest BCUT2D eigenvalue weighted by Gasteiger charge is -2.28. The van der Waals surface area contributed by atoms with Crippen molar-refractivity contribution in [3.63, 3.8) is 0 Å². The number of hydrogen-bond acceptors (Lipinski definition) is 1. The van der Waals surface area contributed by atoms with Crippen LogP contribution in [0.1, 0.15) is 44.4 Å². The molecule has 0 amide bonds. The third-order valence-electron chi connectivity index (χ3n) is 4.19. The van der Waals surface area contributed by atoms with Gasteiger partial charge < -0.3 is 0 Å². The van der Waals surface area contributed by atoms with Gasteiger partial charge in [-0.1, -0.05) is 98.7 Å². The Kier molecular flexibility index (Phi) is 7.13. The molecule has 0 atom stereocenters. The molecule has 0 aromatic heterocycles. The highest BCUT2D eigenvalue weighted by Crippen LogP contribution is 2.49. The minimum Gasteiger partial charge on any atom is -0.295 e. The molecule has 0 aliphatic carbocycles. The van der Waals surface area contributed by atoms with E-state index in [2.05, 4.69) is 81.1 Å². The molecule has 130 valence electrons. The van der Waals surface area contributed by atoms with E-state index in [4.69, 9.17) is 22.5 Å². The van der Waals surface area contributed by atoms with Gasteiger partial charge in [0, 0.05) is 18.4 Å². The van der Waals surface area contributed by atoms with Crippen LogP contribution in [-0.2, 0) is 18.5 Å². The fourth-order valence-corrected chi connectivity index (χ4v) is 5.04. The highest BCUT2D eigenvalue weighted by Gasteiger charge is 2.24. The molecule has 0 saturated heterocycles. The Bertz CT molecular complexity index is 650. The van der Waals surface area contributed by atoms with Gasteiger partial charge in [0.2, 0.25) is 0 Å². The SMILES string of the molecule is CCN(Cc1ccccc1)Cc1cccc(C(C)(C)C)c1P(Cl)Cl. The third-order valence-corrected chi connectivity index (χ3v) is 6.07. The summed E-state index contributed by atoms with van der Waals surface area (Å²) in [4.78, 5) is 2.42. The monoisotopic (exact) mass is 381 g/mol. The molecule has 0 fully saturated rings. The smallest absolute Gasteiger partial charge is 0.117 e. The van der Waals surface area contributed by atoms with Gasteiger partial charge in [0.05, 0.1) is 0 Å². The summed E-state index contributed by atoms with van der Waals surface area (Å²) in [5, 5.41) is 1.13. The standard InChI is InChI=1S/C20H26Cl2NP/c1-5-23(14-16-10-7-6-8-11-16)15-17-12-9-13-18(20(2,3)4)19(17)24(21)22/h6-13H,5,14-15H2,1-4H3. The van der Waals surface area contributed by atoms with Crippen molar-refractivity contribution in [1.82, 2.24) is 4.90 Å². The molecule has 0 saturated carbocycles. The predicted molar refractivity (Wildman–Crippen MR) is 110 cm³/mol. The van der Waals surface area contributed by atoms with Crippen LogP contribution in [0, 0.1) is 0 Å². The molecular weight excluding hydrogens is 356 g/mol. The predicted octanol–water partition coefficient (Wildman–Crippen LogP) is 6.42. The van der Waals surface area contributed by atoms with Crippen molar-refractivity contribution < 1.29 is 0 Å². The van der Waals surface area contributed by atoms with Crippen LogP contribution in [0.4, 0.5) is 0 Å². The second-order valence-corrected chi connectivity index (χ2v) is 10.5. The summed E-state index contributed by atoms with van der Waals surface area (Å²) < 4.78 is 0. The molecule has 24 heavy (non-hydrogen) atoms. The van der Waals surface area contributed by atoms with Crippen LogP contribution >= 0.6 is 29.1 Å². The van der Waals surface area contributed by atoms with E-state index in [1.165, 1.54) is 16.7 Å². The summed E-state index contributed by atoms with van der Waals surface area (Å²) in [5.74, 6) is 0. The van der Waals surface area contributed by atoms with E-state index >= 15 is 0 Å². The maximum atomic E-state index is 6.42. The molecule has 2 aromatic rings. The van der Waals surface area contributed by atoms with Crippen LogP contribution in [0.15, 0.2) is 48.5 Å². The lowest BCUT2D eigenvalue weighted by atomic mass is 9.86. The minimum absolute atomic E-state index is 0.0339. The largest absolute Gasteiger partial charge is 0.295 e. The van der Waals surface area contributed by atoms with Crippen molar-refractivity contribution in [3.8, 4) is 0 Å². The summed E-state index contributed by atoms with van der Waals surface area (Å²) in [6, 6.07) is 17.0. The second-order valence-electron chi connectivity index (χ2n) is 7.09. The summed E-state index contributed by atoms with van der Waals surface area (Å²) in [5.41, 5.74) is 3.86. The van der Waals surface area contributed by atoms with Gasteiger partial charge >= 0.3 is 0 Å². The van der Waals surface area contributed by atoms with Gasteiger partial charge in [0.25, 0.3) is 0 Å². The van der Waals surface area contributed by atoms with Gasteiger partial charge in [-0.25, -0.2) is 0 Å². The summed E-state index contributed by atoms with van der Waals surface area (Å²) in [6.45, 7) is 10.4. The average molecular weight is 382 g/mol. The maximum absolute atomic E-state index is 6.42. The lowest BCUT2D eigenvalue weighted by Crippen LogP contribution is -2.28. The van der Waals surface area contributed by atoms with Gasteiger partial charge in [0.1, 0.15) is 6.63 Å². The molecule has 0 radical (unpaired) electrons. The molecule has 0 aliphatic heterocycles. The first-order valence-electron chi connectivity index (χ1n) is 8.33. The number of rotatable bonds is 6. The third kappa shape index (κ3) is 5.20. The molecule has 2 aromatic carbocycles. The normalized spacial score (nSPS) is 12.2. The molecule has 0 heterocycles. The Morgan fingerprint density at radius 1 is 0.917 bits per heavy atom. The highest BCUT2D eigenvalue weighted by molar-refractivity contribution is 8.09. The molecule has 0 unspecified atom stereocenters. The Hall–Kier alpha value is -0.590. The van der Waals surface area contributed by atoms with Crippen LogP contribution < -0.4 is 5.30 Å². The summed E-state index contributed by atoms with van der Waals surface area (Å²) >= 11 is 12.8. The van der Waals surface area contributed by atoms with E-state index in [0.29, 0.717) is 0 Å². The zero-order chi connectivity index (χ0) is 17.7. The van der Waals surface area contributed by atoms with Gasteiger partial charge in [-0.2, -0.15) is 0 Å². The van der Waals surface area contributed by atoms with E-state index in [-0.39, 0.29) is 5.41 Å². The fraction of sp³-hybridized carbons (Fsp3) is 0.400. The van der Waals surface area contributed by atoms with E-state index < -0.39 is 6.63 Å². The van der Waals surface area contributed by atoms with E-state index in [1.807, 2.05) is 0 Å². The first-order valence-corrected chi connectivity index (χ1v) is 11.5. The fourth-order valence-electron chi connectivity index (χ4n) is 2.89. The Morgan fingerprint density at radius 2 is 1.58 bits per heavy atom. The topological polar surface area (TPSA) is 3.24 Å². The zero-order valence-corrected chi connectivity index (χ0v) is 17.3. The van der Waals surface area contributed by atoms with Gasteiger partial charge in [0.15, 0.2) is 0 Å². The molecule has 0 spiro atoms. The Labute approximate surface area is 157 Å². The molecule has 2 rings (SSSR count). The first kappa shape index (κ1) is 19.7. The minimum atomic E-state index is -1.18. The number of benzene rings is 2. The summed E-state index contributed by atoms with van der Waals surface area (Å²) in [7, 11) is 0. The van der Waals surface area contributed by atoms with Crippen LogP contribution in [0.2, 0.25) is 0 Å². The van der Waals surface area contributed by atoms with Crippen LogP contribution in [-0.4, -0.2) is 11.4 Å². The molecule has 0 N–H and O–H groups in total. The van der Waals surface area contributed by atoms with Crippen molar-refractivity contribution in [2.45, 2.75) is 46.2 Å². The van der Waals surface area contributed by atoms with E-state index in [0.717, 1.165) is 24.9 Å². The lowest BCUT2D eigenvalue weighted by molar-refractivity contribution is 0.272. The van der Waals surface area contributed by atoms with Crippen LogP contribution in [0.25, 0.3) is 0 Å². The Balaban J connectivity index is 2.30. The quantitative estimate of drug-likeness (QED) is 0.521. The van der Waals surface area contributed by atoms with E-state index in [1.54, 1.807) is 0 Å². The Morgan fingerprint density at radius 3 is 2.12 bits per heavy atom.